The number of aryl methyl sites for hydroxylation is 1. The molecule has 0 bridgehead atoms. The molecular formula is C22H22N6O3. The molecule has 0 amide bonds. The molecule has 0 saturated carbocycles. The molecule has 0 aliphatic rings. The van der Waals surface area contributed by atoms with E-state index in [4.69, 9.17) is 4.74 Å². The number of para-hydroxylation sites is 1. The van der Waals surface area contributed by atoms with Gasteiger partial charge < -0.3 is 4.74 Å². The van der Waals surface area contributed by atoms with Gasteiger partial charge in [-0.1, -0.05) is 48.5 Å². The zero-order valence-electron chi connectivity index (χ0n) is 17.2. The first-order valence-electron chi connectivity index (χ1n) is 9.77. The number of hydrogen-bond donors (Lipinski definition) is 2. The van der Waals surface area contributed by atoms with Crippen molar-refractivity contribution in [3.05, 3.63) is 87.1 Å². The SMILES string of the molecule is C/C(=N\Nc1nc2c(c(=O)[nH]c(=O)n2C)n1CCOc1ccccc1)c1ccccc1. The number of imidazole rings is 1. The molecule has 9 heteroatoms. The molecule has 0 aliphatic heterocycles. The Kier molecular flexibility index (Phi) is 5.65. The average Bonchev–Trinajstić information content (AvgIpc) is 3.16. The lowest BCUT2D eigenvalue weighted by Gasteiger charge is -2.10. The molecule has 0 radical (unpaired) electrons. The number of hydrazone groups is 1. The highest BCUT2D eigenvalue weighted by Gasteiger charge is 2.17. The number of nitrogens with one attached hydrogen (secondary N) is 2. The van der Waals surface area contributed by atoms with E-state index in [0.29, 0.717) is 19.1 Å². The van der Waals surface area contributed by atoms with Gasteiger partial charge in [0.2, 0.25) is 5.95 Å². The predicted octanol–water partition coefficient (Wildman–Crippen LogP) is 2.34. The maximum atomic E-state index is 12.5. The van der Waals surface area contributed by atoms with Gasteiger partial charge >= 0.3 is 5.69 Å². The zero-order chi connectivity index (χ0) is 21.8. The Morgan fingerprint density at radius 2 is 1.77 bits per heavy atom. The van der Waals surface area contributed by atoms with E-state index in [1.807, 2.05) is 67.6 Å². The summed E-state index contributed by atoms with van der Waals surface area (Å²) in [5, 5.41) is 4.41. The van der Waals surface area contributed by atoms with Crippen molar-refractivity contribution in [3.8, 4) is 5.75 Å². The van der Waals surface area contributed by atoms with Crippen molar-refractivity contribution >= 4 is 22.8 Å². The third-order valence-electron chi connectivity index (χ3n) is 4.85. The van der Waals surface area contributed by atoms with Gasteiger partial charge in [-0.05, 0) is 24.6 Å². The molecule has 0 unspecified atom stereocenters. The van der Waals surface area contributed by atoms with Crippen LogP contribution < -0.4 is 21.4 Å². The van der Waals surface area contributed by atoms with Crippen molar-refractivity contribution in [1.29, 1.82) is 0 Å². The van der Waals surface area contributed by atoms with Gasteiger partial charge in [0.15, 0.2) is 11.2 Å². The van der Waals surface area contributed by atoms with E-state index in [0.717, 1.165) is 17.0 Å². The lowest BCUT2D eigenvalue weighted by Crippen LogP contribution is -2.29. The van der Waals surface area contributed by atoms with Gasteiger partial charge in [-0.25, -0.2) is 10.2 Å². The molecule has 0 aliphatic carbocycles. The first-order valence-corrected chi connectivity index (χ1v) is 9.77. The molecule has 2 aromatic heterocycles. The fourth-order valence-electron chi connectivity index (χ4n) is 3.19. The summed E-state index contributed by atoms with van der Waals surface area (Å²) in [5.74, 6) is 1.06. The number of anilines is 1. The predicted molar refractivity (Wildman–Crippen MR) is 120 cm³/mol. The van der Waals surface area contributed by atoms with E-state index >= 15 is 0 Å². The Hall–Kier alpha value is -4.14. The van der Waals surface area contributed by atoms with Gasteiger partial charge in [0.05, 0.1) is 12.3 Å². The third-order valence-corrected chi connectivity index (χ3v) is 4.85. The van der Waals surface area contributed by atoms with E-state index in [-0.39, 0.29) is 11.2 Å². The van der Waals surface area contributed by atoms with Gasteiger partial charge in [0, 0.05) is 7.05 Å². The van der Waals surface area contributed by atoms with Crippen molar-refractivity contribution in [3.63, 3.8) is 0 Å². The van der Waals surface area contributed by atoms with Crippen LogP contribution >= 0.6 is 0 Å². The quantitative estimate of drug-likeness (QED) is 0.354. The molecule has 158 valence electrons. The van der Waals surface area contributed by atoms with Gasteiger partial charge in [0.1, 0.15) is 12.4 Å². The van der Waals surface area contributed by atoms with Crippen LogP contribution in [0.5, 0.6) is 5.75 Å². The monoisotopic (exact) mass is 418 g/mol. The second kappa shape index (κ2) is 8.70. The molecule has 2 aromatic carbocycles. The summed E-state index contributed by atoms with van der Waals surface area (Å²) >= 11 is 0. The van der Waals surface area contributed by atoms with Crippen LogP contribution in [0, 0.1) is 0 Å². The zero-order valence-corrected chi connectivity index (χ0v) is 17.2. The van der Waals surface area contributed by atoms with Crippen LogP contribution in [0.3, 0.4) is 0 Å². The molecule has 0 saturated heterocycles. The van der Waals surface area contributed by atoms with Crippen molar-refractivity contribution < 1.29 is 4.74 Å². The van der Waals surface area contributed by atoms with Gasteiger partial charge in [0.25, 0.3) is 5.56 Å². The topological polar surface area (TPSA) is 106 Å². The van der Waals surface area contributed by atoms with Crippen molar-refractivity contribution in [1.82, 2.24) is 19.1 Å². The number of aromatic nitrogens is 4. The summed E-state index contributed by atoms with van der Waals surface area (Å²) in [5.41, 5.74) is 4.14. The van der Waals surface area contributed by atoms with Crippen LogP contribution in [-0.2, 0) is 13.6 Å². The highest BCUT2D eigenvalue weighted by Crippen LogP contribution is 2.16. The minimum atomic E-state index is -0.529. The van der Waals surface area contributed by atoms with E-state index in [2.05, 4.69) is 20.5 Å². The summed E-state index contributed by atoms with van der Waals surface area (Å²) in [7, 11) is 1.56. The van der Waals surface area contributed by atoms with Gasteiger partial charge in [-0.15, -0.1) is 0 Å². The van der Waals surface area contributed by atoms with Gasteiger partial charge in [-0.3, -0.25) is 18.9 Å². The standard InChI is InChI=1S/C22H22N6O3/c1-15(16-9-5-3-6-10-16)25-26-21-23-19-18(20(29)24-22(30)27(19)2)28(21)13-14-31-17-11-7-4-8-12-17/h3-12H,13-14H2,1-2H3,(H,23,26)(H,24,29,30)/b25-15+. The summed E-state index contributed by atoms with van der Waals surface area (Å²) in [4.78, 5) is 31.3. The molecular weight excluding hydrogens is 396 g/mol. The smallest absolute Gasteiger partial charge is 0.329 e. The van der Waals surface area contributed by atoms with E-state index in [9.17, 15) is 9.59 Å². The fourth-order valence-corrected chi connectivity index (χ4v) is 3.19. The Labute approximate surface area is 177 Å². The molecule has 31 heavy (non-hydrogen) atoms. The summed E-state index contributed by atoms with van der Waals surface area (Å²) in [6, 6.07) is 19.1. The highest BCUT2D eigenvalue weighted by atomic mass is 16.5. The largest absolute Gasteiger partial charge is 0.492 e. The summed E-state index contributed by atoms with van der Waals surface area (Å²) < 4.78 is 8.74. The number of hydrogen-bond acceptors (Lipinski definition) is 6. The molecule has 0 fully saturated rings. The Morgan fingerprint density at radius 3 is 2.48 bits per heavy atom. The number of ether oxygens (including phenoxy) is 1. The van der Waals surface area contributed by atoms with Crippen molar-refractivity contribution in [2.24, 2.45) is 12.1 Å². The minimum absolute atomic E-state index is 0.267. The van der Waals surface area contributed by atoms with Crippen LogP contribution in [-0.4, -0.2) is 31.4 Å². The van der Waals surface area contributed by atoms with Crippen LogP contribution in [0.25, 0.3) is 11.2 Å². The lowest BCUT2D eigenvalue weighted by molar-refractivity contribution is 0.301. The molecule has 0 atom stereocenters. The number of benzene rings is 2. The summed E-state index contributed by atoms with van der Waals surface area (Å²) in [6.07, 6.45) is 0. The van der Waals surface area contributed by atoms with Crippen LogP contribution in [0.15, 0.2) is 75.4 Å². The van der Waals surface area contributed by atoms with Crippen molar-refractivity contribution in [2.75, 3.05) is 12.0 Å². The van der Waals surface area contributed by atoms with E-state index in [1.165, 1.54) is 4.57 Å². The summed E-state index contributed by atoms with van der Waals surface area (Å²) in [6.45, 7) is 2.50. The third kappa shape index (κ3) is 4.25. The molecule has 0 spiro atoms. The average molecular weight is 418 g/mol. The Bertz CT molecular complexity index is 1340. The molecule has 4 rings (SSSR count). The Balaban J connectivity index is 1.68. The maximum Gasteiger partial charge on any atom is 0.329 e. The number of fused-ring (bicyclic) bond motifs is 1. The van der Waals surface area contributed by atoms with E-state index < -0.39 is 11.2 Å². The molecule has 4 aromatic rings. The van der Waals surface area contributed by atoms with Crippen molar-refractivity contribution in [2.45, 2.75) is 13.5 Å². The lowest BCUT2D eigenvalue weighted by atomic mass is 10.1. The normalized spacial score (nSPS) is 11.6. The number of aromatic amines is 1. The van der Waals surface area contributed by atoms with Crippen LogP contribution in [0.2, 0.25) is 0 Å². The first kappa shape index (κ1) is 20.1. The Morgan fingerprint density at radius 1 is 1.10 bits per heavy atom. The molecule has 2 N–H and O–H groups in total. The van der Waals surface area contributed by atoms with Gasteiger partial charge in [-0.2, -0.15) is 10.1 Å². The second-order valence-corrected chi connectivity index (χ2v) is 6.91. The first-order chi connectivity index (χ1) is 15.0. The molecule has 9 nitrogen and oxygen atoms in total. The molecule has 2 heterocycles. The van der Waals surface area contributed by atoms with E-state index in [1.54, 1.807) is 11.6 Å². The number of H-pyrrole nitrogens is 1. The van der Waals surface area contributed by atoms with Crippen LogP contribution in [0.1, 0.15) is 12.5 Å². The fraction of sp³-hybridized carbons (Fsp3) is 0.182. The maximum absolute atomic E-state index is 12.5. The second-order valence-electron chi connectivity index (χ2n) is 6.91. The number of nitrogens with zero attached hydrogens (tertiary/aromatic N) is 4. The van der Waals surface area contributed by atoms with Crippen LogP contribution in [0.4, 0.5) is 5.95 Å². The minimum Gasteiger partial charge on any atom is -0.492 e. The highest BCUT2D eigenvalue weighted by molar-refractivity contribution is 5.99. The number of rotatable bonds is 7.